The van der Waals surface area contributed by atoms with Gasteiger partial charge in [0.25, 0.3) is 0 Å². The molecule has 8 aromatic heterocycles. The van der Waals surface area contributed by atoms with Gasteiger partial charge in [-0.25, -0.2) is 18.7 Å². The minimum Gasteiger partial charge on any atom is -0.370 e. The Morgan fingerprint density at radius 2 is 1.08 bits per heavy atom. The molecular formula is C47H40F2N12O. The largest absolute Gasteiger partial charge is 0.370 e. The Hall–Kier alpha value is -7.81. The topological polar surface area (TPSA) is 159 Å². The third kappa shape index (κ3) is 7.16. The van der Waals surface area contributed by atoms with Gasteiger partial charge in [0.05, 0.1) is 36.2 Å². The zero-order chi connectivity index (χ0) is 42.3. The second-order valence-corrected chi connectivity index (χ2v) is 15.4. The van der Waals surface area contributed by atoms with Crippen LogP contribution >= 0.6 is 0 Å². The third-order valence-electron chi connectivity index (χ3n) is 11.5. The molecule has 2 atom stereocenters. The van der Waals surface area contributed by atoms with Crippen molar-refractivity contribution in [1.29, 1.82) is 0 Å². The van der Waals surface area contributed by atoms with E-state index in [0.29, 0.717) is 69.7 Å². The van der Waals surface area contributed by atoms with Crippen molar-refractivity contribution in [3.8, 4) is 22.5 Å². The summed E-state index contributed by atoms with van der Waals surface area (Å²) in [6.45, 7) is 4.80. The number of ketones is 1. The van der Waals surface area contributed by atoms with Gasteiger partial charge >= 0.3 is 0 Å². The van der Waals surface area contributed by atoms with Crippen molar-refractivity contribution < 1.29 is 13.6 Å². The van der Waals surface area contributed by atoms with Crippen LogP contribution in [-0.4, -0.2) is 68.0 Å². The van der Waals surface area contributed by atoms with E-state index in [2.05, 4.69) is 42.7 Å². The highest BCUT2D eigenvalue weighted by Crippen LogP contribution is 2.34. The zero-order valence-corrected chi connectivity index (χ0v) is 33.8. The number of hydrogen-bond acceptors (Lipinski definition) is 9. The number of H-pyrrole nitrogens is 2. The van der Waals surface area contributed by atoms with Crippen molar-refractivity contribution >= 4 is 50.5 Å². The van der Waals surface area contributed by atoms with Gasteiger partial charge in [-0.1, -0.05) is 50.2 Å². The quantitative estimate of drug-likeness (QED) is 0.0840. The number of nitrogens with zero attached hydrogens (tertiary/aromatic N) is 8. The molecule has 15 heteroatoms. The Morgan fingerprint density at radius 3 is 1.53 bits per heavy atom. The lowest BCUT2D eigenvalue weighted by atomic mass is 9.87. The van der Waals surface area contributed by atoms with E-state index in [1.165, 1.54) is 12.1 Å². The van der Waals surface area contributed by atoms with Crippen molar-refractivity contribution in [3.05, 3.63) is 156 Å². The van der Waals surface area contributed by atoms with E-state index in [9.17, 15) is 13.6 Å². The Labute approximate surface area is 353 Å². The number of pyridine rings is 2. The first kappa shape index (κ1) is 38.4. The summed E-state index contributed by atoms with van der Waals surface area (Å²) in [6, 6.07) is 22.7. The molecule has 2 unspecified atom stereocenters. The minimum absolute atomic E-state index is 0.114. The maximum atomic E-state index is 14.6. The number of carbonyl (C=O) groups is 1. The molecule has 0 saturated heterocycles. The SMILES string of the molecule is CC(C(=O)C(C)c1cnn2c(NCCc3c[nH]c4ccccc34)cc(-c3cncc(F)c3)nc12)c1cnn2c(NCCc3c[nH]c4ccccc34)cc(-c3cncc(F)c3)nc12. The molecule has 8 heterocycles. The van der Waals surface area contributed by atoms with Crippen LogP contribution in [0.3, 0.4) is 0 Å². The Morgan fingerprint density at radius 1 is 0.629 bits per heavy atom. The highest BCUT2D eigenvalue weighted by Gasteiger charge is 2.30. The Bertz CT molecular complexity index is 3060. The molecule has 4 N–H and O–H groups in total. The predicted octanol–water partition coefficient (Wildman–Crippen LogP) is 8.92. The molecule has 10 aromatic rings. The predicted molar refractivity (Wildman–Crippen MR) is 235 cm³/mol. The van der Waals surface area contributed by atoms with Gasteiger partial charge in [0.1, 0.15) is 29.1 Å². The van der Waals surface area contributed by atoms with Crippen LogP contribution in [-0.2, 0) is 17.6 Å². The molecule has 0 spiro atoms. The van der Waals surface area contributed by atoms with Crippen LogP contribution in [0, 0.1) is 11.6 Å². The summed E-state index contributed by atoms with van der Waals surface area (Å²) in [5, 5.41) is 18.7. The van der Waals surface area contributed by atoms with Crippen molar-refractivity contribution in [1.82, 2.24) is 49.1 Å². The Kier molecular flexibility index (Phi) is 9.90. The van der Waals surface area contributed by atoms with Gasteiger partial charge in [-0.15, -0.1) is 0 Å². The minimum atomic E-state index is -0.672. The number of fused-ring (bicyclic) bond motifs is 4. The summed E-state index contributed by atoms with van der Waals surface area (Å²) >= 11 is 0. The van der Waals surface area contributed by atoms with Gasteiger partial charge in [0, 0.05) is 106 Å². The maximum absolute atomic E-state index is 14.6. The van der Waals surface area contributed by atoms with Gasteiger partial charge < -0.3 is 20.6 Å². The zero-order valence-electron chi connectivity index (χ0n) is 33.8. The van der Waals surface area contributed by atoms with E-state index >= 15 is 0 Å². The van der Waals surface area contributed by atoms with Crippen LogP contribution in [0.25, 0.3) is 55.6 Å². The highest BCUT2D eigenvalue weighted by atomic mass is 19.1. The number of aromatic amines is 2. The van der Waals surface area contributed by atoms with Gasteiger partial charge in [-0.2, -0.15) is 19.2 Å². The van der Waals surface area contributed by atoms with Gasteiger partial charge in [0.2, 0.25) is 0 Å². The second kappa shape index (κ2) is 16.0. The molecule has 0 saturated carbocycles. The fraction of sp³-hybridized carbons (Fsp3) is 0.170. The van der Waals surface area contributed by atoms with Gasteiger partial charge in [0.15, 0.2) is 11.3 Å². The van der Waals surface area contributed by atoms with E-state index in [1.807, 2.05) is 74.8 Å². The molecule has 308 valence electrons. The van der Waals surface area contributed by atoms with Crippen LogP contribution in [0.5, 0.6) is 0 Å². The molecule has 62 heavy (non-hydrogen) atoms. The summed E-state index contributed by atoms with van der Waals surface area (Å²) in [6.07, 6.45) is 14.2. The van der Waals surface area contributed by atoms with Crippen molar-refractivity contribution in [2.45, 2.75) is 38.5 Å². The first-order valence-corrected chi connectivity index (χ1v) is 20.4. The smallest absolute Gasteiger partial charge is 0.161 e. The number of para-hydroxylation sites is 2. The van der Waals surface area contributed by atoms with Crippen LogP contribution in [0.4, 0.5) is 20.4 Å². The lowest BCUT2D eigenvalue weighted by Crippen LogP contribution is -2.17. The maximum Gasteiger partial charge on any atom is 0.161 e. The summed E-state index contributed by atoms with van der Waals surface area (Å²) in [4.78, 5) is 39.3. The summed E-state index contributed by atoms with van der Waals surface area (Å²) < 4.78 is 32.3. The van der Waals surface area contributed by atoms with Crippen LogP contribution < -0.4 is 10.6 Å². The van der Waals surface area contributed by atoms with Crippen LogP contribution in [0.15, 0.2) is 122 Å². The van der Waals surface area contributed by atoms with Gasteiger partial charge in [-0.3, -0.25) is 14.8 Å². The van der Waals surface area contributed by atoms with E-state index in [0.717, 1.165) is 58.2 Å². The fourth-order valence-corrected chi connectivity index (χ4v) is 8.23. The van der Waals surface area contributed by atoms with Crippen LogP contribution in [0.2, 0.25) is 0 Å². The molecular weight excluding hydrogens is 787 g/mol. The number of carbonyl (C=O) groups excluding carboxylic acids is 1. The van der Waals surface area contributed by atoms with E-state index in [4.69, 9.17) is 20.2 Å². The number of aromatic nitrogens is 10. The monoisotopic (exact) mass is 826 g/mol. The number of rotatable bonds is 14. The molecule has 0 fully saturated rings. The first-order chi connectivity index (χ1) is 30.3. The number of benzene rings is 2. The van der Waals surface area contributed by atoms with E-state index in [1.54, 1.807) is 33.8 Å². The number of halogens is 2. The molecule has 0 aliphatic heterocycles. The fourth-order valence-electron chi connectivity index (χ4n) is 8.23. The first-order valence-electron chi connectivity index (χ1n) is 20.4. The molecule has 2 aromatic carbocycles. The molecule has 0 amide bonds. The summed E-state index contributed by atoms with van der Waals surface area (Å²) in [5.74, 6) is -1.18. The molecule has 13 nitrogen and oxygen atoms in total. The van der Waals surface area contributed by atoms with Crippen LogP contribution in [0.1, 0.15) is 47.9 Å². The van der Waals surface area contributed by atoms with Gasteiger partial charge in [-0.05, 0) is 48.2 Å². The van der Waals surface area contributed by atoms with Crippen molar-refractivity contribution in [3.63, 3.8) is 0 Å². The average Bonchev–Trinajstić information content (AvgIpc) is 4.11. The highest BCUT2D eigenvalue weighted by molar-refractivity contribution is 5.94. The Balaban J connectivity index is 0.964. The lowest BCUT2D eigenvalue weighted by molar-refractivity contribution is -0.121. The second-order valence-electron chi connectivity index (χ2n) is 15.4. The summed E-state index contributed by atoms with van der Waals surface area (Å²) in [7, 11) is 0. The summed E-state index contributed by atoms with van der Waals surface area (Å²) in [5.41, 5.74) is 8.50. The number of hydrogen-bond donors (Lipinski definition) is 4. The standard InChI is InChI=1S/C47H40F2N12O/c1-27(37-25-56-60-43(17-41(58-46(37)60)31-15-33(48)23-50-19-31)52-13-11-29-21-54-39-9-5-3-7-35(29)39)45(62)28(2)38-26-57-61-44(18-42(59-47(38)61)32-16-34(49)24-51-20-32)53-14-12-30-22-55-40-10-6-4-8-36(30)40/h3-10,15-28,52-55H,11-14H2,1-2H3. The van der Waals surface area contributed by atoms with E-state index in [-0.39, 0.29) is 5.78 Å². The van der Waals surface area contributed by atoms with E-state index < -0.39 is 23.5 Å². The number of nitrogens with one attached hydrogen (secondary N) is 4. The molecule has 0 aliphatic carbocycles. The molecule has 0 bridgehead atoms. The molecule has 10 rings (SSSR count). The molecule has 0 aliphatic rings. The number of Topliss-reactive ketones (excluding diaryl/α,β-unsaturated/α-hetero) is 1. The van der Waals surface area contributed by atoms with Crippen molar-refractivity contribution in [2.75, 3.05) is 23.7 Å². The third-order valence-corrected chi connectivity index (χ3v) is 11.5. The average molecular weight is 827 g/mol. The normalized spacial score (nSPS) is 12.7. The van der Waals surface area contributed by atoms with Crippen molar-refractivity contribution in [2.24, 2.45) is 0 Å². The molecule has 0 radical (unpaired) electrons. The number of anilines is 2. The lowest BCUT2D eigenvalue weighted by Gasteiger charge is -2.16.